The number of para-hydroxylation sites is 1. The molecule has 1 amide bonds. The fourth-order valence-electron chi connectivity index (χ4n) is 3.92. The maximum atomic E-state index is 13.2. The number of carbonyl (C=O) groups is 1. The van der Waals surface area contributed by atoms with E-state index in [2.05, 4.69) is 5.32 Å². The summed E-state index contributed by atoms with van der Waals surface area (Å²) < 4.78 is 43.6. The van der Waals surface area contributed by atoms with Gasteiger partial charge in [0, 0.05) is 30.6 Å². The summed E-state index contributed by atoms with van der Waals surface area (Å²) in [5, 5.41) is 3.04. The molecule has 0 spiro atoms. The smallest absolute Gasteiger partial charge is 0.246 e. The lowest BCUT2D eigenvalue weighted by atomic mass is 9.96. The molecule has 2 aromatic carbocycles. The van der Waals surface area contributed by atoms with Crippen molar-refractivity contribution in [1.82, 2.24) is 9.62 Å². The highest BCUT2D eigenvalue weighted by Crippen LogP contribution is 2.33. The number of hydrogen-bond donors (Lipinski definition) is 1. The van der Waals surface area contributed by atoms with E-state index >= 15 is 0 Å². The Morgan fingerprint density at radius 3 is 2.28 bits per heavy atom. The molecule has 0 bridgehead atoms. The SMILES string of the molecule is COc1ccc(OC)c(S(=O)(=O)N2CCC(C(=O)N[C@H](C)c3ccccc3OC)CC2)c1. The molecule has 9 heteroatoms. The summed E-state index contributed by atoms with van der Waals surface area (Å²) in [6.45, 7) is 2.41. The van der Waals surface area contributed by atoms with Crippen LogP contribution in [-0.2, 0) is 14.8 Å². The highest BCUT2D eigenvalue weighted by Gasteiger charge is 2.34. The number of ether oxygens (including phenoxy) is 3. The van der Waals surface area contributed by atoms with Crippen LogP contribution < -0.4 is 19.5 Å². The van der Waals surface area contributed by atoms with Gasteiger partial charge < -0.3 is 19.5 Å². The normalized spacial score (nSPS) is 16.2. The van der Waals surface area contributed by atoms with E-state index in [4.69, 9.17) is 14.2 Å². The quantitative estimate of drug-likeness (QED) is 0.648. The standard InChI is InChI=1S/C23H30N2O6S/c1-16(19-7-5-6-8-20(19)30-3)24-23(26)17-11-13-25(14-12-17)32(27,28)22-15-18(29-2)9-10-21(22)31-4/h5-10,15-17H,11-14H2,1-4H3,(H,24,26)/t16-/m1/s1. The first-order chi connectivity index (χ1) is 15.3. The highest BCUT2D eigenvalue weighted by atomic mass is 32.2. The van der Waals surface area contributed by atoms with Gasteiger partial charge in [-0.15, -0.1) is 0 Å². The lowest BCUT2D eigenvalue weighted by molar-refractivity contribution is -0.126. The van der Waals surface area contributed by atoms with E-state index in [-0.39, 0.29) is 41.6 Å². The zero-order valence-corrected chi connectivity index (χ0v) is 19.6. The number of sulfonamides is 1. The number of nitrogens with zero attached hydrogens (tertiary/aromatic N) is 1. The van der Waals surface area contributed by atoms with Crippen LogP contribution in [0, 0.1) is 5.92 Å². The van der Waals surface area contributed by atoms with Crippen molar-refractivity contribution in [3.63, 3.8) is 0 Å². The van der Waals surface area contributed by atoms with Gasteiger partial charge in [-0.2, -0.15) is 4.31 Å². The first kappa shape index (κ1) is 23.9. The van der Waals surface area contributed by atoms with E-state index < -0.39 is 10.0 Å². The molecule has 174 valence electrons. The molecular formula is C23H30N2O6S. The Hall–Kier alpha value is -2.78. The summed E-state index contributed by atoms with van der Waals surface area (Å²) >= 11 is 0. The van der Waals surface area contributed by atoms with Gasteiger partial charge in [-0.1, -0.05) is 18.2 Å². The van der Waals surface area contributed by atoms with Crippen LogP contribution in [0.1, 0.15) is 31.4 Å². The number of hydrogen-bond acceptors (Lipinski definition) is 6. The first-order valence-corrected chi connectivity index (χ1v) is 11.9. The third-order valence-corrected chi connectivity index (χ3v) is 7.70. The van der Waals surface area contributed by atoms with Crippen molar-refractivity contribution in [1.29, 1.82) is 0 Å². The van der Waals surface area contributed by atoms with Crippen LogP contribution in [0.2, 0.25) is 0 Å². The monoisotopic (exact) mass is 462 g/mol. The van der Waals surface area contributed by atoms with E-state index in [1.54, 1.807) is 19.2 Å². The largest absolute Gasteiger partial charge is 0.497 e. The number of benzene rings is 2. The van der Waals surface area contributed by atoms with Crippen molar-refractivity contribution in [2.45, 2.75) is 30.7 Å². The highest BCUT2D eigenvalue weighted by molar-refractivity contribution is 7.89. The fraction of sp³-hybridized carbons (Fsp3) is 0.435. The van der Waals surface area contributed by atoms with Gasteiger partial charge in [-0.05, 0) is 38.0 Å². The molecular weight excluding hydrogens is 432 g/mol. The lowest BCUT2D eigenvalue weighted by Gasteiger charge is -2.31. The van der Waals surface area contributed by atoms with Crippen molar-refractivity contribution in [3.8, 4) is 17.2 Å². The second kappa shape index (κ2) is 10.2. The Balaban J connectivity index is 1.66. The second-order valence-electron chi connectivity index (χ2n) is 7.67. The number of carbonyl (C=O) groups excluding carboxylic acids is 1. The Morgan fingerprint density at radius 2 is 1.66 bits per heavy atom. The van der Waals surface area contributed by atoms with Gasteiger partial charge in [0.15, 0.2) is 0 Å². The van der Waals surface area contributed by atoms with Gasteiger partial charge in [0.2, 0.25) is 15.9 Å². The average molecular weight is 463 g/mol. The van der Waals surface area contributed by atoms with Crippen LogP contribution >= 0.6 is 0 Å². The molecule has 1 aliphatic heterocycles. The van der Waals surface area contributed by atoms with Crippen molar-refractivity contribution < 1.29 is 27.4 Å². The third kappa shape index (κ3) is 4.99. The molecule has 1 aliphatic rings. The van der Waals surface area contributed by atoms with Gasteiger partial charge in [-0.3, -0.25) is 4.79 Å². The van der Waals surface area contributed by atoms with Crippen LogP contribution in [0.3, 0.4) is 0 Å². The van der Waals surface area contributed by atoms with Crippen molar-refractivity contribution in [2.24, 2.45) is 5.92 Å². The summed E-state index contributed by atoms with van der Waals surface area (Å²) in [4.78, 5) is 12.9. The van der Waals surface area contributed by atoms with E-state index in [0.717, 1.165) is 5.56 Å². The van der Waals surface area contributed by atoms with E-state index in [9.17, 15) is 13.2 Å². The average Bonchev–Trinajstić information content (AvgIpc) is 2.83. The zero-order chi connectivity index (χ0) is 23.3. The van der Waals surface area contributed by atoms with E-state index in [0.29, 0.717) is 24.3 Å². The predicted octanol–water partition coefficient (Wildman–Crippen LogP) is 2.99. The summed E-state index contributed by atoms with van der Waals surface area (Å²) in [5.41, 5.74) is 0.897. The van der Waals surface area contributed by atoms with Gasteiger partial charge in [0.1, 0.15) is 22.1 Å². The summed E-state index contributed by atoms with van der Waals surface area (Å²) in [6, 6.07) is 12.0. The molecule has 1 N–H and O–H groups in total. The summed E-state index contributed by atoms with van der Waals surface area (Å²) in [6.07, 6.45) is 0.881. The van der Waals surface area contributed by atoms with Crippen molar-refractivity contribution in [3.05, 3.63) is 48.0 Å². The van der Waals surface area contributed by atoms with Gasteiger partial charge in [0.05, 0.1) is 27.4 Å². The van der Waals surface area contributed by atoms with Crippen molar-refractivity contribution in [2.75, 3.05) is 34.4 Å². The summed E-state index contributed by atoms with van der Waals surface area (Å²) in [5.74, 6) is 1.07. The van der Waals surface area contributed by atoms with Crippen LogP contribution in [0.15, 0.2) is 47.4 Å². The van der Waals surface area contributed by atoms with Crippen molar-refractivity contribution >= 4 is 15.9 Å². The zero-order valence-electron chi connectivity index (χ0n) is 18.8. The number of methoxy groups -OCH3 is 3. The molecule has 8 nitrogen and oxygen atoms in total. The molecule has 0 saturated carbocycles. The minimum Gasteiger partial charge on any atom is -0.497 e. The maximum Gasteiger partial charge on any atom is 0.246 e. The molecule has 2 aromatic rings. The molecule has 0 aromatic heterocycles. The lowest BCUT2D eigenvalue weighted by Crippen LogP contribution is -2.43. The van der Waals surface area contributed by atoms with Crippen LogP contribution in [0.25, 0.3) is 0 Å². The topological polar surface area (TPSA) is 94.2 Å². The van der Waals surface area contributed by atoms with Crippen LogP contribution in [0.5, 0.6) is 17.2 Å². The second-order valence-corrected chi connectivity index (χ2v) is 9.57. The van der Waals surface area contributed by atoms with Gasteiger partial charge in [-0.25, -0.2) is 8.42 Å². The molecule has 3 rings (SSSR count). The number of nitrogens with one attached hydrogen (secondary N) is 1. The predicted molar refractivity (Wildman–Crippen MR) is 121 cm³/mol. The molecule has 1 saturated heterocycles. The number of amides is 1. The molecule has 0 radical (unpaired) electrons. The Morgan fingerprint density at radius 1 is 1.00 bits per heavy atom. The minimum absolute atomic E-state index is 0.0621. The van der Waals surface area contributed by atoms with Crippen LogP contribution in [0.4, 0.5) is 0 Å². The third-order valence-electron chi connectivity index (χ3n) is 5.78. The van der Waals surface area contributed by atoms with Crippen LogP contribution in [-0.4, -0.2) is 53.0 Å². The fourth-order valence-corrected chi connectivity index (χ4v) is 5.56. The van der Waals surface area contributed by atoms with Gasteiger partial charge >= 0.3 is 0 Å². The van der Waals surface area contributed by atoms with E-state index in [1.807, 2.05) is 31.2 Å². The molecule has 1 heterocycles. The Labute approximate surface area is 189 Å². The first-order valence-electron chi connectivity index (χ1n) is 10.5. The summed E-state index contributed by atoms with van der Waals surface area (Å²) in [7, 11) is 0.728. The molecule has 1 fully saturated rings. The minimum atomic E-state index is -3.78. The molecule has 1 atom stereocenters. The number of rotatable bonds is 8. The van der Waals surface area contributed by atoms with Gasteiger partial charge in [0.25, 0.3) is 0 Å². The molecule has 32 heavy (non-hydrogen) atoms. The Bertz CT molecular complexity index is 1050. The Kier molecular flexibility index (Phi) is 7.63. The molecule has 0 aliphatic carbocycles. The number of piperidine rings is 1. The van der Waals surface area contributed by atoms with E-state index in [1.165, 1.54) is 24.6 Å². The maximum absolute atomic E-state index is 13.2. The molecule has 0 unspecified atom stereocenters.